The summed E-state index contributed by atoms with van der Waals surface area (Å²) in [4.78, 5) is 13.9. The first-order valence-electron chi connectivity index (χ1n) is 5.39. The summed E-state index contributed by atoms with van der Waals surface area (Å²) in [6, 6.07) is 0. The van der Waals surface area contributed by atoms with Gasteiger partial charge in [0.05, 0.1) is 12.5 Å². The molecule has 3 heteroatoms. The van der Waals surface area contributed by atoms with Crippen molar-refractivity contribution in [3.63, 3.8) is 0 Å². The summed E-state index contributed by atoms with van der Waals surface area (Å²) in [6.45, 7) is 4.46. The molecule has 2 bridgehead atoms. The monoisotopic (exact) mass is 272 g/mol. The van der Waals surface area contributed by atoms with E-state index in [0.717, 1.165) is 19.3 Å². The number of carbonyl (C=O) groups is 1. The largest absolute Gasteiger partial charge is 0.468 e. The Morgan fingerprint density at radius 1 is 1.60 bits per heavy atom. The van der Waals surface area contributed by atoms with Crippen molar-refractivity contribution in [2.24, 2.45) is 16.7 Å². The van der Waals surface area contributed by atoms with Crippen molar-refractivity contribution < 1.29 is 9.53 Å². The highest BCUT2D eigenvalue weighted by atomic mass is 79.9. The molecule has 15 heavy (non-hydrogen) atoms. The van der Waals surface area contributed by atoms with Crippen molar-refractivity contribution in [3.8, 4) is 0 Å². The third-order valence-corrected chi connectivity index (χ3v) is 4.89. The molecular weight excluding hydrogens is 256 g/mol. The Morgan fingerprint density at radius 3 is 2.80 bits per heavy atom. The number of rotatable bonds is 1. The fourth-order valence-corrected chi connectivity index (χ4v) is 4.51. The van der Waals surface area contributed by atoms with Crippen LogP contribution in [-0.4, -0.2) is 13.1 Å². The second-order valence-electron chi connectivity index (χ2n) is 5.26. The minimum Gasteiger partial charge on any atom is -0.468 e. The van der Waals surface area contributed by atoms with Gasteiger partial charge in [-0.15, -0.1) is 0 Å². The van der Waals surface area contributed by atoms with E-state index in [0.29, 0.717) is 5.92 Å². The van der Waals surface area contributed by atoms with Crippen LogP contribution in [0.25, 0.3) is 0 Å². The second-order valence-corrected chi connectivity index (χ2v) is 5.72. The summed E-state index contributed by atoms with van der Waals surface area (Å²) < 4.78 is 4.98. The van der Waals surface area contributed by atoms with Gasteiger partial charge in [-0.1, -0.05) is 29.8 Å². The zero-order chi connectivity index (χ0) is 11.3. The Morgan fingerprint density at radius 2 is 2.27 bits per heavy atom. The van der Waals surface area contributed by atoms with Gasteiger partial charge in [-0.2, -0.15) is 0 Å². The summed E-state index contributed by atoms with van der Waals surface area (Å²) in [5.41, 5.74) is 1.03. The highest BCUT2D eigenvalue weighted by Gasteiger charge is 2.62. The molecule has 0 spiro atoms. The van der Waals surface area contributed by atoms with E-state index < -0.39 is 0 Å². The first kappa shape index (κ1) is 11.2. The van der Waals surface area contributed by atoms with Gasteiger partial charge in [0.2, 0.25) is 0 Å². The summed E-state index contributed by atoms with van der Waals surface area (Å²) >= 11 is 3.42. The molecule has 2 aliphatic rings. The molecule has 0 aromatic carbocycles. The molecule has 0 aromatic heterocycles. The molecule has 84 valence electrons. The molecule has 0 saturated heterocycles. The van der Waals surface area contributed by atoms with Gasteiger partial charge in [0.1, 0.15) is 0 Å². The van der Waals surface area contributed by atoms with Crippen LogP contribution in [0.3, 0.4) is 0 Å². The maximum Gasteiger partial charge on any atom is 0.315 e. The van der Waals surface area contributed by atoms with Gasteiger partial charge < -0.3 is 4.74 Å². The number of methoxy groups -OCH3 is 1. The number of fused-ring (bicyclic) bond motifs is 2. The van der Waals surface area contributed by atoms with E-state index in [1.54, 1.807) is 0 Å². The molecule has 0 radical (unpaired) electrons. The molecule has 2 atom stereocenters. The average molecular weight is 273 g/mol. The van der Waals surface area contributed by atoms with Crippen molar-refractivity contribution in [2.45, 2.75) is 33.1 Å². The summed E-state index contributed by atoms with van der Waals surface area (Å²) in [5, 5.41) is 0. The third-order valence-electron chi connectivity index (χ3n) is 4.43. The lowest BCUT2D eigenvalue weighted by Gasteiger charge is -2.36. The number of ether oxygens (including phenoxy) is 1. The van der Waals surface area contributed by atoms with Crippen molar-refractivity contribution in [3.05, 3.63) is 10.6 Å². The minimum atomic E-state index is -0.327. The van der Waals surface area contributed by atoms with Crippen molar-refractivity contribution >= 4 is 21.9 Å². The highest BCUT2D eigenvalue weighted by molar-refractivity contribution is 9.11. The van der Waals surface area contributed by atoms with Crippen LogP contribution < -0.4 is 0 Å². The molecule has 2 saturated carbocycles. The van der Waals surface area contributed by atoms with E-state index >= 15 is 0 Å². The van der Waals surface area contributed by atoms with Crippen LogP contribution >= 0.6 is 15.9 Å². The number of carbonyl (C=O) groups excluding carboxylic acids is 1. The SMILES string of the molecule is COC(=O)[C@]12CC[C@H](C1)C(C)(C)/C2=C\Br. The molecule has 2 rings (SSSR count). The first-order chi connectivity index (χ1) is 6.99. The number of halogens is 1. The van der Waals surface area contributed by atoms with E-state index in [1.807, 2.05) is 4.99 Å². The number of hydrogen-bond acceptors (Lipinski definition) is 2. The van der Waals surface area contributed by atoms with E-state index in [9.17, 15) is 4.79 Å². The van der Waals surface area contributed by atoms with Crippen LogP contribution in [0.15, 0.2) is 10.6 Å². The molecule has 0 aromatic rings. The van der Waals surface area contributed by atoms with E-state index in [1.165, 1.54) is 12.7 Å². The molecule has 2 nitrogen and oxygen atoms in total. The zero-order valence-electron chi connectivity index (χ0n) is 9.47. The lowest BCUT2D eigenvalue weighted by Crippen LogP contribution is -2.34. The number of hydrogen-bond donors (Lipinski definition) is 0. The third kappa shape index (κ3) is 1.25. The molecule has 2 fully saturated rings. The van der Waals surface area contributed by atoms with E-state index in [4.69, 9.17) is 4.74 Å². The lowest BCUT2D eigenvalue weighted by atomic mass is 9.68. The van der Waals surface area contributed by atoms with Crippen LogP contribution in [0, 0.1) is 16.7 Å². The fraction of sp³-hybridized carbons (Fsp3) is 0.750. The quantitative estimate of drug-likeness (QED) is 0.685. The fourth-order valence-electron chi connectivity index (χ4n) is 3.48. The Hall–Kier alpha value is -0.310. The van der Waals surface area contributed by atoms with Gasteiger partial charge in [-0.3, -0.25) is 4.79 Å². The van der Waals surface area contributed by atoms with E-state index in [-0.39, 0.29) is 16.8 Å². The Kier molecular flexibility index (Phi) is 2.49. The average Bonchev–Trinajstić information content (AvgIpc) is 2.71. The van der Waals surface area contributed by atoms with Gasteiger partial charge in [0.15, 0.2) is 0 Å². The standard InChI is InChI=1S/C12H17BrO2/c1-11(2)8-4-5-12(6-8,9(11)7-13)10(14)15-3/h7-8H,4-6H2,1-3H3/b9-7+/t8-,12-/m1/s1. The maximum atomic E-state index is 12.0. The Balaban J connectivity index is 2.47. The smallest absolute Gasteiger partial charge is 0.315 e. The summed E-state index contributed by atoms with van der Waals surface area (Å²) in [5.74, 6) is 0.571. The molecule has 0 unspecified atom stereocenters. The van der Waals surface area contributed by atoms with Crippen molar-refractivity contribution in [1.82, 2.24) is 0 Å². The molecular formula is C12H17BrO2. The van der Waals surface area contributed by atoms with Crippen LogP contribution in [0.2, 0.25) is 0 Å². The number of esters is 1. The van der Waals surface area contributed by atoms with Crippen LogP contribution in [-0.2, 0) is 9.53 Å². The molecule has 0 heterocycles. The highest BCUT2D eigenvalue weighted by Crippen LogP contribution is 2.66. The molecule has 2 aliphatic carbocycles. The van der Waals surface area contributed by atoms with Crippen molar-refractivity contribution in [1.29, 1.82) is 0 Å². The predicted molar refractivity (Wildman–Crippen MR) is 62.6 cm³/mol. The van der Waals surface area contributed by atoms with Crippen LogP contribution in [0.5, 0.6) is 0 Å². The molecule has 0 N–H and O–H groups in total. The van der Waals surface area contributed by atoms with Crippen molar-refractivity contribution in [2.75, 3.05) is 7.11 Å². The Bertz CT molecular complexity index is 333. The van der Waals surface area contributed by atoms with Gasteiger partial charge in [0.25, 0.3) is 0 Å². The zero-order valence-corrected chi connectivity index (χ0v) is 11.1. The van der Waals surface area contributed by atoms with Gasteiger partial charge >= 0.3 is 5.97 Å². The maximum absolute atomic E-state index is 12.0. The predicted octanol–water partition coefficient (Wildman–Crippen LogP) is 3.26. The minimum absolute atomic E-state index is 0.0544. The first-order valence-corrected chi connectivity index (χ1v) is 6.30. The molecule has 0 amide bonds. The normalized spacial score (nSPS) is 39.7. The van der Waals surface area contributed by atoms with Gasteiger partial charge in [-0.25, -0.2) is 0 Å². The topological polar surface area (TPSA) is 26.3 Å². The molecule has 0 aliphatic heterocycles. The van der Waals surface area contributed by atoms with Gasteiger partial charge in [0, 0.05) is 0 Å². The van der Waals surface area contributed by atoms with E-state index in [2.05, 4.69) is 29.8 Å². The second kappa shape index (κ2) is 3.34. The van der Waals surface area contributed by atoms with Crippen LogP contribution in [0.1, 0.15) is 33.1 Å². The summed E-state index contributed by atoms with van der Waals surface area (Å²) in [6.07, 6.45) is 3.06. The van der Waals surface area contributed by atoms with Gasteiger partial charge in [-0.05, 0) is 41.2 Å². The summed E-state index contributed by atoms with van der Waals surface area (Å²) in [7, 11) is 1.49. The van der Waals surface area contributed by atoms with Crippen LogP contribution in [0.4, 0.5) is 0 Å². The Labute approximate surface area is 99.2 Å². The lowest BCUT2D eigenvalue weighted by molar-refractivity contribution is -0.150.